The number of piperidine rings is 1. The Bertz CT molecular complexity index is 844. The van der Waals surface area contributed by atoms with Gasteiger partial charge in [-0.1, -0.05) is 44.2 Å². The highest BCUT2D eigenvalue weighted by Gasteiger charge is 2.23. The van der Waals surface area contributed by atoms with E-state index >= 15 is 0 Å². The average molecular weight is 424 g/mol. The molecule has 1 saturated heterocycles. The molecule has 3 rings (SSSR count). The number of hydrogen-bond acceptors (Lipinski definition) is 4. The third kappa shape index (κ3) is 6.82. The Morgan fingerprint density at radius 1 is 1.06 bits per heavy atom. The zero-order chi connectivity index (χ0) is 22.2. The Morgan fingerprint density at radius 2 is 1.71 bits per heavy atom. The molecule has 0 bridgehead atoms. The van der Waals surface area contributed by atoms with Crippen LogP contribution in [-0.2, 0) is 11.2 Å². The van der Waals surface area contributed by atoms with Crippen LogP contribution in [0.4, 0.5) is 0 Å². The topological polar surface area (TPSA) is 84.7 Å². The van der Waals surface area contributed by atoms with Crippen molar-refractivity contribution in [2.24, 2.45) is 11.7 Å². The molecule has 0 spiro atoms. The quantitative estimate of drug-likeness (QED) is 0.649. The van der Waals surface area contributed by atoms with Gasteiger partial charge < -0.3 is 20.7 Å². The Labute approximate surface area is 184 Å². The molecule has 0 aliphatic carbocycles. The van der Waals surface area contributed by atoms with Crippen LogP contribution in [0.25, 0.3) is 0 Å². The smallest absolute Gasteiger partial charge is 0.251 e. The molecule has 0 unspecified atom stereocenters. The summed E-state index contributed by atoms with van der Waals surface area (Å²) in [5.41, 5.74) is 7.23. The monoisotopic (exact) mass is 423 g/mol. The fraction of sp³-hybridized carbons (Fsp3) is 0.440. The van der Waals surface area contributed by atoms with Crippen molar-refractivity contribution < 1.29 is 14.3 Å². The molecule has 0 aromatic heterocycles. The van der Waals surface area contributed by atoms with Gasteiger partial charge >= 0.3 is 0 Å². The number of benzene rings is 2. The molecule has 6 nitrogen and oxygen atoms in total. The fourth-order valence-electron chi connectivity index (χ4n) is 3.85. The Hall–Kier alpha value is -2.86. The minimum Gasteiger partial charge on any atom is -0.490 e. The van der Waals surface area contributed by atoms with Crippen LogP contribution in [-0.4, -0.2) is 48.5 Å². The van der Waals surface area contributed by atoms with Crippen molar-refractivity contribution in [3.8, 4) is 5.75 Å². The third-order valence-electron chi connectivity index (χ3n) is 5.77. The summed E-state index contributed by atoms with van der Waals surface area (Å²) in [4.78, 5) is 26.4. The maximum atomic E-state index is 12.4. The normalized spacial score (nSPS) is 16.1. The van der Waals surface area contributed by atoms with Crippen LogP contribution in [0.1, 0.15) is 42.6 Å². The number of carbonyl (C=O) groups excluding carboxylic acids is 2. The van der Waals surface area contributed by atoms with Gasteiger partial charge in [0.05, 0.1) is 0 Å². The van der Waals surface area contributed by atoms with Crippen molar-refractivity contribution >= 4 is 11.8 Å². The molecule has 31 heavy (non-hydrogen) atoms. The summed E-state index contributed by atoms with van der Waals surface area (Å²) in [6.07, 6.45) is 3.24. The first-order chi connectivity index (χ1) is 14.9. The van der Waals surface area contributed by atoms with Crippen molar-refractivity contribution in [1.29, 1.82) is 0 Å². The molecule has 2 aromatic rings. The van der Waals surface area contributed by atoms with Crippen molar-refractivity contribution in [1.82, 2.24) is 10.2 Å². The van der Waals surface area contributed by atoms with Crippen LogP contribution in [0.5, 0.6) is 5.75 Å². The van der Waals surface area contributed by atoms with Gasteiger partial charge in [-0.3, -0.25) is 9.59 Å². The van der Waals surface area contributed by atoms with Crippen molar-refractivity contribution in [3.05, 3.63) is 65.7 Å². The lowest BCUT2D eigenvalue weighted by molar-refractivity contribution is -0.120. The zero-order valence-corrected chi connectivity index (χ0v) is 18.4. The van der Waals surface area contributed by atoms with Crippen molar-refractivity contribution in [2.45, 2.75) is 45.3 Å². The standard InChI is InChI=1S/C25H33N3O3/c1-18(2)23(24(26)29)27-25(30)20-8-10-21(11-9-20)31-22-13-16-28(17-14-22)15-12-19-6-4-3-5-7-19/h3-11,18,22-23H,12-17H2,1-2H3,(H2,26,29)(H,27,30)/t23-/m0/s1. The summed E-state index contributed by atoms with van der Waals surface area (Å²) in [7, 11) is 0. The minimum atomic E-state index is -0.685. The summed E-state index contributed by atoms with van der Waals surface area (Å²) in [6, 6.07) is 17.0. The van der Waals surface area contributed by atoms with E-state index in [9.17, 15) is 9.59 Å². The number of likely N-dealkylation sites (tertiary alicyclic amines) is 1. The maximum Gasteiger partial charge on any atom is 0.251 e. The Kier molecular flexibility index (Phi) is 8.06. The number of nitrogens with one attached hydrogen (secondary N) is 1. The molecule has 2 amide bonds. The molecule has 1 aliphatic heterocycles. The van der Waals surface area contributed by atoms with Gasteiger partial charge in [0.2, 0.25) is 5.91 Å². The first kappa shape index (κ1) is 22.8. The van der Waals surface area contributed by atoms with Gasteiger partial charge in [0.25, 0.3) is 5.91 Å². The molecule has 0 radical (unpaired) electrons. The van der Waals surface area contributed by atoms with Gasteiger partial charge in [-0.2, -0.15) is 0 Å². The van der Waals surface area contributed by atoms with E-state index in [-0.39, 0.29) is 17.9 Å². The molecular formula is C25H33N3O3. The first-order valence-corrected chi connectivity index (χ1v) is 11.1. The molecule has 2 aromatic carbocycles. The summed E-state index contributed by atoms with van der Waals surface area (Å²) in [5, 5.41) is 2.70. The predicted octanol–water partition coefficient (Wildman–Crippen LogP) is 3.01. The maximum absolute atomic E-state index is 12.4. The first-order valence-electron chi connectivity index (χ1n) is 11.1. The van der Waals surface area contributed by atoms with Crippen LogP contribution in [0.15, 0.2) is 54.6 Å². The second-order valence-electron chi connectivity index (χ2n) is 8.52. The van der Waals surface area contributed by atoms with Gasteiger partial charge in [0.1, 0.15) is 17.9 Å². The van der Waals surface area contributed by atoms with Gasteiger partial charge in [-0.25, -0.2) is 0 Å². The third-order valence-corrected chi connectivity index (χ3v) is 5.77. The van der Waals surface area contributed by atoms with E-state index < -0.39 is 11.9 Å². The fourth-order valence-corrected chi connectivity index (χ4v) is 3.85. The zero-order valence-electron chi connectivity index (χ0n) is 18.4. The number of primary amides is 1. The van der Waals surface area contributed by atoms with Crippen LogP contribution in [0, 0.1) is 5.92 Å². The van der Waals surface area contributed by atoms with E-state index in [2.05, 4.69) is 40.5 Å². The number of carbonyl (C=O) groups is 2. The van der Waals surface area contributed by atoms with Crippen molar-refractivity contribution in [2.75, 3.05) is 19.6 Å². The van der Waals surface area contributed by atoms with Crippen LogP contribution < -0.4 is 15.8 Å². The second-order valence-corrected chi connectivity index (χ2v) is 8.52. The number of nitrogens with zero attached hydrogens (tertiary/aromatic N) is 1. The number of ether oxygens (including phenoxy) is 1. The highest BCUT2D eigenvalue weighted by molar-refractivity contribution is 5.97. The average Bonchev–Trinajstić information content (AvgIpc) is 2.77. The Morgan fingerprint density at radius 3 is 2.29 bits per heavy atom. The molecular weight excluding hydrogens is 390 g/mol. The van der Waals surface area contributed by atoms with E-state index in [1.165, 1.54) is 5.56 Å². The SMILES string of the molecule is CC(C)[C@H](NC(=O)c1ccc(OC2CCN(CCc3ccccc3)CC2)cc1)C(N)=O. The largest absolute Gasteiger partial charge is 0.490 e. The van der Waals surface area contributed by atoms with E-state index in [1.807, 2.05) is 26.0 Å². The van der Waals surface area contributed by atoms with E-state index in [0.717, 1.165) is 44.6 Å². The van der Waals surface area contributed by atoms with Crippen molar-refractivity contribution in [3.63, 3.8) is 0 Å². The predicted molar refractivity (Wildman–Crippen MR) is 122 cm³/mol. The molecule has 1 aliphatic rings. The summed E-state index contributed by atoms with van der Waals surface area (Å²) >= 11 is 0. The number of rotatable bonds is 9. The van der Waals surface area contributed by atoms with Gasteiger partial charge in [-0.05, 0) is 55.0 Å². The Balaban J connectivity index is 1.44. The second kappa shape index (κ2) is 11.0. The lowest BCUT2D eigenvalue weighted by atomic mass is 10.0. The molecule has 3 N–H and O–H groups in total. The summed E-state index contributed by atoms with van der Waals surface area (Å²) < 4.78 is 6.13. The van der Waals surface area contributed by atoms with Gasteiger partial charge in [0.15, 0.2) is 0 Å². The number of nitrogens with two attached hydrogens (primary N) is 1. The van der Waals surface area contributed by atoms with E-state index in [4.69, 9.17) is 10.5 Å². The van der Waals surface area contributed by atoms with E-state index in [0.29, 0.717) is 5.56 Å². The lowest BCUT2D eigenvalue weighted by Crippen LogP contribution is -2.47. The summed E-state index contributed by atoms with van der Waals surface area (Å²) in [6.45, 7) is 6.83. The van der Waals surface area contributed by atoms with Gasteiger partial charge in [0, 0.05) is 25.2 Å². The highest BCUT2D eigenvalue weighted by Crippen LogP contribution is 2.20. The van der Waals surface area contributed by atoms with Crippen LogP contribution in [0.3, 0.4) is 0 Å². The molecule has 1 heterocycles. The minimum absolute atomic E-state index is 0.0670. The molecule has 166 valence electrons. The van der Waals surface area contributed by atoms with Gasteiger partial charge in [-0.15, -0.1) is 0 Å². The van der Waals surface area contributed by atoms with Crippen LogP contribution >= 0.6 is 0 Å². The van der Waals surface area contributed by atoms with Crippen LogP contribution in [0.2, 0.25) is 0 Å². The molecule has 0 saturated carbocycles. The molecule has 1 fully saturated rings. The number of amides is 2. The van der Waals surface area contributed by atoms with E-state index in [1.54, 1.807) is 12.1 Å². The lowest BCUT2D eigenvalue weighted by Gasteiger charge is -2.32. The summed E-state index contributed by atoms with van der Waals surface area (Å²) in [5.74, 6) is -0.147. The molecule has 6 heteroatoms. The number of hydrogen-bond donors (Lipinski definition) is 2. The molecule has 1 atom stereocenters. The highest BCUT2D eigenvalue weighted by atomic mass is 16.5.